The Balaban J connectivity index is 1.91. The number of anilines is 2. The van der Waals surface area contributed by atoms with E-state index in [2.05, 4.69) is 30.8 Å². The monoisotopic (exact) mass is 373 g/mol. The summed E-state index contributed by atoms with van der Waals surface area (Å²) < 4.78 is 13.4. The zero-order valence-corrected chi connectivity index (χ0v) is 15.3. The van der Waals surface area contributed by atoms with E-state index < -0.39 is 6.10 Å². The van der Waals surface area contributed by atoms with Gasteiger partial charge >= 0.3 is 0 Å². The first-order valence-corrected chi connectivity index (χ1v) is 8.84. The van der Waals surface area contributed by atoms with Crippen molar-refractivity contribution in [3.8, 4) is 0 Å². The van der Waals surface area contributed by atoms with Crippen molar-refractivity contribution in [2.24, 2.45) is 5.73 Å². The third-order valence-electron chi connectivity index (χ3n) is 4.12. The molecule has 0 fully saturated rings. The summed E-state index contributed by atoms with van der Waals surface area (Å²) in [5.41, 5.74) is 8.43. The Morgan fingerprint density at radius 3 is 2.74 bits per heavy atom. The topological polar surface area (TPSA) is 125 Å². The van der Waals surface area contributed by atoms with Crippen molar-refractivity contribution in [3.05, 3.63) is 41.3 Å². The predicted molar refractivity (Wildman–Crippen MR) is 103 cm³/mol. The molecule has 0 aliphatic carbocycles. The number of benzene rings is 1. The summed E-state index contributed by atoms with van der Waals surface area (Å²) in [7, 11) is 0. The Bertz CT molecular complexity index is 912. The van der Waals surface area contributed by atoms with E-state index in [0.29, 0.717) is 29.3 Å². The van der Waals surface area contributed by atoms with Gasteiger partial charge in [0, 0.05) is 19.6 Å². The number of hydrogen-bond donors (Lipinski definition) is 5. The largest absolute Gasteiger partial charge is 0.390 e. The second-order valence-electron chi connectivity index (χ2n) is 6.64. The van der Waals surface area contributed by atoms with Crippen LogP contribution in [0, 0.1) is 5.82 Å². The average Bonchev–Trinajstić information content (AvgIpc) is 3.08. The second kappa shape index (κ2) is 8.28. The van der Waals surface area contributed by atoms with Gasteiger partial charge in [0.1, 0.15) is 11.3 Å². The normalized spacial score (nSPS) is 12.5. The fourth-order valence-corrected chi connectivity index (χ4v) is 2.65. The molecule has 8 nitrogen and oxygen atoms in total. The highest BCUT2D eigenvalue weighted by Crippen LogP contribution is 2.27. The maximum Gasteiger partial charge on any atom is 0.225 e. The van der Waals surface area contributed by atoms with Crippen LogP contribution in [0.3, 0.4) is 0 Å². The van der Waals surface area contributed by atoms with Crippen LogP contribution >= 0.6 is 0 Å². The Labute approximate surface area is 156 Å². The molecule has 0 saturated carbocycles. The molecular weight excluding hydrogens is 349 g/mol. The maximum absolute atomic E-state index is 13.4. The number of aromatic nitrogens is 4. The lowest BCUT2D eigenvalue weighted by Gasteiger charge is -2.12. The lowest BCUT2D eigenvalue weighted by atomic mass is 10.1. The molecule has 2 heterocycles. The molecule has 9 heteroatoms. The molecule has 0 amide bonds. The molecule has 0 bridgehead atoms. The lowest BCUT2D eigenvalue weighted by Crippen LogP contribution is -2.28. The fraction of sp³-hybridized carbons (Fsp3) is 0.389. The van der Waals surface area contributed by atoms with Crippen molar-refractivity contribution in [1.82, 2.24) is 20.2 Å². The van der Waals surface area contributed by atoms with Gasteiger partial charge in [0.2, 0.25) is 5.95 Å². The molecule has 0 spiro atoms. The molecule has 1 aromatic carbocycles. The van der Waals surface area contributed by atoms with E-state index in [1.54, 1.807) is 6.07 Å². The van der Waals surface area contributed by atoms with E-state index in [1.807, 2.05) is 19.9 Å². The summed E-state index contributed by atoms with van der Waals surface area (Å²) in [6.45, 7) is 4.85. The first-order valence-electron chi connectivity index (χ1n) is 8.84. The fourth-order valence-electron chi connectivity index (χ4n) is 2.65. The summed E-state index contributed by atoms with van der Waals surface area (Å²) in [4.78, 5) is 8.98. The van der Waals surface area contributed by atoms with Gasteiger partial charge in [0.05, 0.1) is 11.8 Å². The van der Waals surface area contributed by atoms with Crippen LogP contribution in [0.1, 0.15) is 31.0 Å². The first-order chi connectivity index (χ1) is 13.0. The van der Waals surface area contributed by atoms with Gasteiger partial charge in [-0.1, -0.05) is 26.0 Å². The van der Waals surface area contributed by atoms with Gasteiger partial charge in [-0.05, 0) is 23.6 Å². The van der Waals surface area contributed by atoms with Crippen LogP contribution in [0.15, 0.2) is 24.3 Å². The summed E-state index contributed by atoms with van der Waals surface area (Å²) in [6.07, 6.45) is -0.693. The minimum Gasteiger partial charge on any atom is -0.390 e. The number of H-pyrrole nitrogens is 1. The van der Waals surface area contributed by atoms with Crippen molar-refractivity contribution in [1.29, 1.82) is 0 Å². The average molecular weight is 373 g/mol. The van der Waals surface area contributed by atoms with Crippen molar-refractivity contribution >= 4 is 22.8 Å². The summed E-state index contributed by atoms with van der Waals surface area (Å²) in [6, 6.07) is 6.36. The standard InChI is InChI=1S/C18H24FN7O/c1-10(2)14-15-16(26-25-14)17(21-8-11-4-3-5-12(19)6-11)24-18(23-15)22-9-13(27)7-20/h3-6,10,13,27H,7-9,20H2,1-2H3,(H,25,26)(H2,21,22,23,24). The van der Waals surface area contributed by atoms with Crippen LogP contribution in [0.5, 0.6) is 0 Å². The number of aliphatic hydroxyl groups is 1. The van der Waals surface area contributed by atoms with Crippen LogP contribution in [0.25, 0.3) is 11.0 Å². The van der Waals surface area contributed by atoms with Gasteiger partial charge in [0.25, 0.3) is 0 Å². The van der Waals surface area contributed by atoms with Crippen LogP contribution in [0.2, 0.25) is 0 Å². The Kier molecular flexibility index (Phi) is 5.82. The number of halogens is 1. The number of fused-ring (bicyclic) bond motifs is 1. The Morgan fingerprint density at radius 2 is 2.04 bits per heavy atom. The highest BCUT2D eigenvalue weighted by molar-refractivity contribution is 5.88. The highest BCUT2D eigenvalue weighted by Gasteiger charge is 2.17. The third kappa shape index (κ3) is 4.50. The molecule has 0 radical (unpaired) electrons. The number of hydrogen-bond acceptors (Lipinski definition) is 7. The van der Waals surface area contributed by atoms with Crippen molar-refractivity contribution in [2.75, 3.05) is 23.7 Å². The lowest BCUT2D eigenvalue weighted by molar-refractivity contribution is 0.196. The third-order valence-corrected chi connectivity index (χ3v) is 4.12. The van der Waals surface area contributed by atoms with Crippen LogP contribution in [0.4, 0.5) is 16.2 Å². The van der Waals surface area contributed by atoms with E-state index in [1.165, 1.54) is 12.1 Å². The summed E-state index contributed by atoms with van der Waals surface area (Å²) in [5, 5.41) is 23.2. The van der Waals surface area contributed by atoms with Crippen molar-refractivity contribution < 1.29 is 9.50 Å². The first kappa shape index (κ1) is 19.0. The van der Waals surface area contributed by atoms with E-state index in [9.17, 15) is 9.50 Å². The van der Waals surface area contributed by atoms with E-state index in [0.717, 1.165) is 11.3 Å². The Morgan fingerprint density at radius 1 is 1.22 bits per heavy atom. The zero-order chi connectivity index (χ0) is 19.4. The summed E-state index contributed by atoms with van der Waals surface area (Å²) >= 11 is 0. The molecule has 1 unspecified atom stereocenters. The van der Waals surface area contributed by atoms with Gasteiger partial charge < -0.3 is 21.5 Å². The number of nitrogens with one attached hydrogen (secondary N) is 3. The number of nitrogens with two attached hydrogens (primary N) is 1. The molecular formula is C18H24FN7O. The van der Waals surface area contributed by atoms with Gasteiger partial charge in [-0.2, -0.15) is 10.1 Å². The molecule has 0 saturated heterocycles. The van der Waals surface area contributed by atoms with E-state index >= 15 is 0 Å². The van der Waals surface area contributed by atoms with Crippen molar-refractivity contribution in [3.63, 3.8) is 0 Å². The van der Waals surface area contributed by atoms with E-state index in [4.69, 9.17) is 5.73 Å². The maximum atomic E-state index is 13.4. The van der Waals surface area contributed by atoms with Crippen LogP contribution < -0.4 is 16.4 Å². The predicted octanol–water partition coefficient (Wildman–Crippen LogP) is 1.96. The van der Waals surface area contributed by atoms with Gasteiger partial charge in [-0.3, -0.25) is 5.10 Å². The molecule has 3 aromatic rings. The molecule has 2 aromatic heterocycles. The molecule has 0 aliphatic heterocycles. The highest BCUT2D eigenvalue weighted by atomic mass is 19.1. The molecule has 6 N–H and O–H groups in total. The minimum absolute atomic E-state index is 0.142. The molecule has 3 rings (SSSR count). The number of aliphatic hydroxyl groups excluding tert-OH is 1. The SMILES string of the molecule is CC(C)c1[nH]nc2c(NCc3cccc(F)c3)nc(NCC(O)CN)nc12. The molecule has 144 valence electrons. The molecule has 0 aliphatic rings. The molecule has 27 heavy (non-hydrogen) atoms. The van der Waals surface area contributed by atoms with Crippen LogP contribution in [-0.4, -0.2) is 44.5 Å². The number of aromatic amines is 1. The zero-order valence-electron chi connectivity index (χ0n) is 15.3. The Hall–Kier alpha value is -2.78. The smallest absolute Gasteiger partial charge is 0.225 e. The summed E-state index contributed by atoms with van der Waals surface area (Å²) in [5.74, 6) is 0.794. The molecule has 1 atom stereocenters. The minimum atomic E-state index is -0.693. The van der Waals surface area contributed by atoms with Gasteiger partial charge in [0.15, 0.2) is 11.3 Å². The van der Waals surface area contributed by atoms with E-state index in [-0.39, 0.29) is 24.8 Å². The van der Waals surface area contributed by atoms with Crippen molar-refractivity contribution in [2.45, 2.75) is 32.4 Å². The second-order valence-corrected chi connectivity index (χ2v) is 6.64. The quantitative estimate of drug-likeness (QED) is 0.409. The number of nitrogens with zero attached hydrogens (tertiary/aromatic N) is 3. The van der Waals surface area contributed by atoms with Gasteiger partial charge in [-0.25, -0.2) is 9.37 Å². The van der Waals surface area contributed by atoms with Gasteiger partial charge in [-0.15, -0.1) is 0 Å². The number of rotatable bonds is 8. The van der Waals surface area contributed by atoms with Crippen LogP contribution in [-0.2, 0) is 6.54 Å².